The van der Waals surface area contributed by atoms with Gasteiger partial charge in [0.05, 0.1) is 39.2 Å². The molecule has 368 valence electrons. The number of para-hydroxylation sites is 5. The Kier molecular flexibility index (Phi) is 10.2. The number of nitrogens with zero attached hydrogens (tertiary/aromatic N) is 2. The van der Waals surface area contributed by atoms with Crippen LogP contribution >= 0.6 is 0 Å². The van der Waals surface area contributed by atoms with Crippen LogP contribution in [0.2, 0.25) is 0 Å². The second-order valence-corrected chi connectivity index (χ2v) is 21.1. The second kappa shape index (κ2) is 17.9. The molecule has 79 heavy (non-hydrogen) atoms. The molecular weight excluding hydrogens is 953 g/mol. The van der Waals surface area contributed by atoms with Crippen LogP contribution in [0.15, 0.2) is 303 Å². The molecule has 1 spiro atoms. The van der Waals surface area contributed by atoms with E-state index in [9.17, 15) is 0 Å². The van der Waals surface area contributed by atoms with E-state index in [1.54, 1.807) is 0 Å². The lowest BCUT2D eigenvalue weighted by atomic mass is 9.65. The fourth-order valence-electron chi connectivity index (χ4n) is 13.6. The van der Waals surface area contributed by atoms with E-state index in [0.717, 1.165) is 44.7 Å². The Labute approximate surface area is 460 Å². The zero-order valence-corrected chi connectivity index (χ0v) is 43.3. The van der Waals surface area contributed by atoms with Gasteiger partial charge in [-0.25, -0.2) is 0 Å². The maximum Gasteiger partial charge on any atom is 0.0754 e. The van der Waals surface area contributed by atoms with Crippen molar-refractivity contribution in [3.63, 3.8) is 0 Å². The summed E-state index contributed by atoms with van der Waals surface area (Å²) in [6, 6.07) is 113. The summed E-state index contributed by atoms with van der Waals surface area (Å²) in [5.41, 5.74) is 26.1. The van der Waals surface area contributed by atoms with Gasteiger partial charge in [0.2, 0.25) is 0 Å². The van der Waals surface area contributed by atoms with Crippen LogP contribution in [0.3, 0.4) is 0 Å². The van der Waals surface area contributed by atoms with Gasteiger partial charge in [0.1, 0.15) is 0 Å². The zero-order chi connectivity index (χ0) is 52.0. The smallest absolute Gasteiger partial charge is 0.0754 e. The SMILES string of the molecule is c1ccc(-c2ccc(-c3ccccc3N(c3ccccc3-c3cccc(-c4ccccc4)c3)c3ccc(-c4ccc5c(c4)C4(c6ccccc6-5)c5ccccc5-n5c6ccccc6c6cccc4c65)c4ccccc34)cc2)cc1. The molecule has 16 rings (SSSR count). The first-order valence-electron chi connectivity index (χ1n) is 27.4. The average Bonchev–Trinajstić information content (AvgIpc) is 3.92. The Bertz CT molecular complexity index is 4720. The summed E-state index contributed by atoms with van der Waals surface area (Å²) in [6.07, 6.45) is 0. The van der Waals surface area contributed by atoms with Crippen molar-refractivity contribution in [2.75, 3.05) is 4.90 Å². The Hall–Kier alpha value is -10.3. The Balaban J connectivity index is 0.913. The average molecular weight is 1000 g/mol. The highest BCUT2D eigenvalue weighted by Crippen LogP contribution is 2.62. The fraction of sp³-hybridized carbons (Fsp3) is 0.0130. The van der Waals surface area contributed by atoms with Crippen molar-refractivity contribution in [1.29, 1.82) is 0 Å². The van der Waals surface area contributed by atoms with Gasteiger partial charge >= 0.3 is 0 Å². The van der Waals surface area contributed by atoms with Crippen LogP contribution in [0.5, 0.6) is 0 Å². The molecule has 1 aliphatic heterocycles. The van der Waals surface area contributed by atoms with Gasteiger partial charge in [-0.05, 0) is 126 Å². The van der Waals surface area contributed by atoms with Crippen LogP contribution in [0, 0.1) is 0 Å². The van der Waals surface area contributed by atoms with Crippen LogP contribution < -0.4 is 4.90 Å². The van der Waals surface area contributed by atoms with Gasteiger partial charge < -0.3 is 9.47 Å². The number of aromatic nitrogens is 1. The Morgan fingerprint density at radius 3 is 1.49 bits per heavy atom. The molecule has 14 aromatic rings. The molecule has 0 saturated heterocycles. The Morgan fingerprint density at radius 1 is 0.241 bits per heavy atom. The Morgan fingerprint density at radius 2 is 0.722 bits per heavy atom. The summed E-state index contributed by atoms with van der Waals surface area (Å²) in [5, 5.41) is 4.91. The van der Waals surface area contributed by atoms with Crippen molar-refractivity contribution in [2.24, 2.45) is 0 Å². The van der Waals surface area contributed by atoms with Crippen molar-refractivity contribution >= 4 is 49.6 Å². The number of rotatable bonds is 8. The highest BCUT2D eigenvalue weighted by Gasteiger charge is 2.51. The summed E-state index contributed by atoms with van der Waals surface area (Å²) in [6.45, 7) is 0. The normalized spacial score (nSPS) is 13.9. The molecule has 13 aromatic carbocycles. The van der Waals surface area contributed by atoms with Crippen LogP contribution in [0.1, 0.15) is 22.3 Å². The van der Waals surface area contributed by atoms with E-state index in [-0.39, 0.29) is 0 Å². The lowest BCUT2D eigenvalue weighted by Crippen LogP contribution is -2.33. The van der Waals surface area contributed by atoms with Gasteiger partial charge in [-0.15, -0.1) is 0 Å². The minimum atomic E-state index is -0.556. The van der Waals surface area contributed by atoms with Crippen molar-refractivity contribution in [2.45, 2.75) is 5.41 Å². The number of anilines is 3. The van der Waals surface area contributed by atoms with Crippen LogP contribution in [-0.2, 0) is 5.41 Å². The number of fused-ring (bicyclic) bond motifs is 13. The molecule has 2 heteroatoms. The summed E-state index contributed by atoms with van der Waals surface area (Å²) in [4.78, 5) is 2.52. The molecule has 1 atom stereocenters. The highest BCUT2D eigenvalue weighted by atomic mass is 15.1. The largest absolute Gasteiger partial charge is 0.309 e. The third-order valence-electron chi connectivity index (χ3n) is 17.0. The van der Waals surface area contributed by atoms with Crippen molar-refractivity contribution < 1.29 is 0 Å². The molecule has 1 aromatic heterocycles. The van der Waals surface area contributed by atoms with Crippen LogP contribution in [-0.4, -0.2) is 4.57 Å². The monoisotopic (exact) mass is 1000 g/mol. The second-order valence-electron chi connectivity index (χ2n) is 21.1. The van der Waals surface area contributed by atoms with Gasteiger partial charge in [-0.1, -0.05) is 261 Å². The molecule has 0 radical (unpaired) electrons. The van der Waals surface area contributed by atoms with Crippen molar-refractivity contribution in [1.82, 2.24) is 4.57 Å². The third-order valence-corrected chi connectivity index (χ3v) is 17.0. The number of hydrogen-bond acceptors (Lipinski definition) is 1. The van der Waals surface area contributed by atoms with Gasteiger partial charge in [0.25, 0.3) is 0 Å². The fourth-order valence-corrected chi connectivity index (χ4v) is 13.6. The topological polar surface area (TPSA) is 8.17 Å². The molecule has 0 fully saturated rings. The first kappa shape index (κ1) is 45.0. The van der Waals surface area contributed by atoms with E-state index in [4.69, 9.17) is 0 Å². The van der Waals surface area contributed by atoms with Crippen LogP contribution in [0.25, 0.3) is 105 Å². The van der Waals surface area contributed by atoms with Gasteiger partial charge in [0.15, 0.2) is 0 Å². The van der Waals surface area contributed by atoms with E-state index in [0.29, 0.717) is 0 Å². The minimum Gasteiger partial charge on any atom is -0.309 e. The quantitative estimate of drug-likeness (QED) is 0.147. The summed E-state index contributed by atoms with van der Waals surface area (Å²) in [7, 11) is 0. The third kappa shape index (κ3) is 6.78. The summed E-state index contributed by atoms with van der Waals surface area (Å²) >= 11 is 0. The molecule has 0 saturated carbocycles. The molecule has 2 aliphatic rings. The molecule has 0 bridgehead atoms. The molecular formula is C77H50N2. The highest BCUT2D eigenvalue weighted by molar-refractivity contribution is 6.13. The summed E-state index contributed by atoms with van der Waals surface area (Å²) < 4.78 is 2.53. The number of hydrogen-bond donors (Lipinski definition) is 0. The molecule has 2 nitrogen and oxygen atoms in total. The lowest BCUT2D eigenvalue weighted by molar-refractivity contribution is 0.749. The summed E-state index contributed by atoms with van der Waals surface area (Å²) in [5.74, 6) is 0. The molecule has 0 N–H and O–H groups in total. The number of benzene rings is 13. The van der Waals surface area contributed by atoms with Crippen LogP contribution in [0.4, 0.5) is 17.1 Å². The van der Waals surface area contributed by atoms with E-state index >= 15 is 0 Å². The maximum absolute atomic E-state index is 2.53. The predicted octanol–water partition coefficient (Wildman–Crippen LogP) is 20.4. The van der Waals surface area contributed by atoms with E-state index < -0.39 is 5.41 Å². The van der Waals surface area contributed by atoms with E-state index in [1.165, 1.54) is 99.6 Å². The first-order valence-corrected chi connectivity index (χ1v) is 27.4. The van der Waals surface area contributed by atoms with Crippen molar-refractivity contribution in [3.05, 3.63) is 326 Å². The first-order chi connectivity index (χ1) is 39.2. The zero-order valence-electron chi connectivity index (χ0n) is 43.3. The lowest BCUT2D eigenvalue weighted by Gasteiger charge is -2.39. The molecule has 1 unspecified atom stereocenters. The van der Waals surface area contributed by atoms with Gasteiger partial charge in [0, 0.05) is 27.3 Å². The maximum atomic E-state index is 2.53. The van der Waals surface area contributed by atoms with Crippen molar-refractivity contribution in [3.8, 4) is 72.4 Å². The van der Waals surface area contributed by atoms with E-state index in [2.05, 4.69) is 313 Å². The van der Waals surface area contributed by atoms with Gasteiger partial charge in [-0.2, -0.15) is 0 Å². The van der Waals surface area contributed by atoms with Gasteiger partial charge in [-0.3, -0.25) is 0 Å². The predicted molar refractivity (Wildman–Crippen MR) is 331 cm³/mol. The minimum absolute atomic E-state index is 0.556. The molecule has 1 aliphatic carbocycles. The molecule has 2 heterocycles. The van der Waals surface area contributed by atoms with E-state index in [1.807, 2.05) is 0 Å². The molecule has 0 amide bonds. The standard InChI is InChI=1S/C77H50N2/c1-3-21-51(22-4-1)53-41-43-54(44-42-53)59-27-10-15-37-71(59)78(72-38-16-11-28-60(72)56-26-19-25-55(49-56)52-23-5-2-6-24-52)74-48-47-58(61-29-7-8-31-64(61)74)57-45-46-63-62-30-9-13-34-67(62)77(70(63)50-57)68-35-14-18-40-75(68)79-73-39-17-12-32-65(73)66-33-20-36-69(77)76(66)79/h1-50H.